The standard InChI is InChI=1S/C11H13NO6S/c1-18-10(13)9(12-11(14)19(15,16)17)7-8-5-3-2-4-6-8/h2-6,9H,7H2,1H3,(H,12,14)(H,15,16,17)/p-1. The zero-order valence-corrected chi connectivity index (χ0v) is 10.8. The van der Waals surface area contributed by atoms with Crippen molar-refractivity contribution in [3.8, 4) is 0 Å². The zero-order valence-electron chi connectivity index (χ0n) is 10.0. The molecular weight excluding hydrogens is 274 g/mol. The molecule has 19 heavy (non-hydrogen) atoms. The Morgan fingerprint density at radius 1 is 1.32 bits per heavy atom. The molecule has 1 unspecified atom stereocenters. The summed E-state index contributed by atoms with van der Waals surface area (Å²) in [7, 11) is -4.04. The van der Waals surface area contributed by atoms with Crippen LogP contribution in [0.1, 0.15) is 5.56 Å². The third-order valence-electron chi connectivity index (χ3n) is 2.29. The molecule has 0 spiro atoms. The molecule has 1 aromatic carbocycles. The zero-order chi connectivity index (χ0) is 14.5. The first-order valence-electron chi connectivity index (χ1n) is 5.22. The minimum atomic E-state index is -5.14. The fourth-order valence-electron chi connectivity index (χ4n) is 1.40. The number of rotatable bonds is 4. The Bertz CT molecular complexity index is 554. The van der Waals surface area contributed by atoms with Gasteiger partial charge in [-0.25, -0.2) is 13.2 Å². The summed E-state index contributed by atoms with van der Waals surface area (Å²) in [6.07, 6.45) is 0.0226. The predicted octanol–water partition coefficient (Wildman–Crippen LogP) is 0.0255. The molecule has 0 aromatic heterocycles. The first-order chi connectivity index (χ1) is 8.84. The minimum Gasteiger partial charge on any atom is -0.740 e. The molecule has 8 heteroatoms. The van der Waals surface area contributed by atoms with Gasteiger partial charge in [0.05, 0.1) is 7.11 Å². The Morgan fingerprint density at radius 2 is 1.89 bits per heavy atom. The van der Waals surface area contributed by atoms with Crippen molar-refractivity contribution in [1.82, 2.24) is 5.32 Å². The lowest BCUT2D eigenvalue weighted by molar-refractivity contribution is -0.142. The molecule has 0 fully saturated rings. The summed E-state index contributed by atoms with van der Waals surface area (Å²) in [4.78, 5) is 22.5. The van der Waals surface area contributed by atoms with E-state index in [1.807, 2.05) is 5.32 Å². The highest BCUT2D eigenvalue weighted by Crippen LogP contribution is 2.05. The van der Waals surface area contributed by atoms with Gasteiger partial charge in [-0.15, -0.1) is 0 Å². The van der Waals surface area contributed by atoms with Crippen LogP contribution in [0.4, 0.5) is 4.79 Å². The molecule has 0 aliphatic carbocycles. The molecule has 0 bridgehead atoms. The van der Waals surface area contributed by atoms with Crippen molar-refractivity contribution in [1.29, 1.82) is 0 Å². The molecule has 0 saturated carbocycles. The Balaban J connectivity index is 2.85. The molecule has 0 radical (unpaired) electrons. The molecule has 7 nitrogen and oxygen atoms in total. The van der Waals surface area contributed by atoms with E-state index in [0.717, 1.165) is 7.11 Å². The summed E-state index contributed by atoms with van der Waals surface area (Å²) < 4.78 is 36.0. The lowest BCUT2D eigenvalue weighted by atomic mass is 10.1. The molecule has 1 aromatic rings. The number of benzene rings is 1. The Kier molecular flexibility index (Phi) is 5.02. The van der Waals surface area contributed by atoms with Gasteiger partial charge in [-0.1, -0.05) is 30.3 Å². The van der Waals surface area contributed by atoms with E-state index >= 15 is 0 Å². The van der Waals surface area contributed by atoms with Crippen LogP contribution in [0.5, 0.6) is 0 Å². The summed E-state index contributed by atoms with van der Waals surface area (Å²) >= 11 is 0. The van der Waals surface area contributed by atoms with Gasteiger partial charge in [0.25, 0.3) is 0 Å². The number of carbonyl (C=O) groups is 2. The van der Waals surface area contributed by atoms with Crippen LogP contribution in [0, 0.1) is 0 Å². The molecule has 104 valence electrons. The van der Waals surface area contributed by atoms with Crippen molar-refractivity contribution in [2.45, 2.75) is 12.5 Å². The van der Waals surface area contributed by atoms with E-state index in [9.17, 15) is 22.6 Å². The number of methoxy groups -OCH3 is 1. The normalized spacial score (nSPS) is 12.5. The molecule has 0 aliphatic rings. The smallest absolute Gasteiger partial charge is 0.328 e. The average molecular weight is 286 g/mol. The maximum absolute atomic E-state index is 11.4. The van der Waals surface area contributed by atoms with E-state index in [1.54, 1.807) is 30.3 Å². The topological polar surface area (TPSA) is 113 Å². The van der Waals surface area contributed by atoms with Crippen LogP contribution in [0.3, 0.4) is 0 Å². The van der Waals surface area contributed by atoms with E-state index in [4.69, 9.17) is 0 Å². The molecule has 0 heterocycles. The summed E-state index contributed by atoms with van der Waals surface area (Å²) in [5, 5.41) is 0.0911. The quantitative estimate of drug-likeness (QED) is 0.617. The van der Waals surface area contributed by atoms with E-state index < -0.39 is 27.4 Å². The molecule has 0 saturated heterocycles. The summed E-state index contributed by atoms with van der Waals surface area (Å²) in [6, 6.07) is 7.34. The van der Waals surface area contributed by atoms with E-state index in [2.05, 4.69) is 4.74 Å². The van der Waals surface area contributed by atoms with Crippen molar-refractivity contribution >= 4 is 21.3 Å². The van der Waals surface area contributed by atoms with Gasteiger partial charge in [0.2, 0.25) is 0 Å². The van der Waals surface area contributed by atoms with Crippen molar-refractivity contribution in [3.05, 3.63) is 35.9 Å². The molecule has 1 rings (SSSR count). The van der Waals surface area contributed by atoms with Gasteiger partial charge in [0.15, 0.2) is 10.1 Å². The van der Waals surface area contributed by atoms with Gasteiger partial charge in [0, 0.05) is 6.42 Å². The molecule has 0 aliphatic heterocycles. The highest BCUT2D eigenvalue weighted by molar-refractivity contribution is 8.01. The number of hydrogen-bond acceptors (Lipinski definition) is 6. The van der Waals surface area contributed by atoms with Crippen LogP contribution in [-0.2, 0) is 26.1 Å². The lowest BCUT2D eigenvalue weighted by Crippen LogP contribution is -2.45. The maximum atomic E-state index is 11.4. The highest BCUT2D eigenvalue weighted by Gasteiger charge is 2.24. The number of nitrogens with one attached hydrogen (secondary N) is 1. The number of hydrogen-bond donors (Lipinski definition) is 1. The molecule has 1 N–H and O–H groups in total. The number of amides is 1. The van der Waals surface area contributed by atoms with Gasteiger partial charge in [-0.3, -0.25) is 4.79 Å². The van der Waals surface area contributed by atoms with Gasteiger partial charge in [-0.2, -0.15) is 0 Å². The lowest BCUT2D eigenvalue weighted by Gasteiger charge is -2.17. The van der Waals surface area contributed by atoms with Crippen LogP contribution >= 0.6 is 0 Å². The third kappa shape index (κ3) is 4.68. The van der Waals surface area contributed by atoms with Gasteiger partial charge >= 0.3 is 11.2 Å². The Labute approximate surface area is 110 Å². The van der Waals surface area contributed by atoms with Gasteiger partial charge in [-0.05, 0) is 5.56 Å². The molecule has 1 atom stereocenters. The number of ether oxygens (including phenoxy) is 1. The summed E-state index contributed by atoms with van der Waals surface area (Å²) in [6.45, 7) is 0. The van der Waals surface area contributed by atoms with E-state index in [0.29, 0.717) is 5.56 Å². The van der Waals surface area contributed by atoms with Crippen molar-refractivity contribution in [3.63, 3.8) is 0 Å². The predicted molar refractivity (Wildman–Crippen MR) is 64.2 cm³/mol. The minimum absolute atomic E-state index is 0.0226. The van der Waals surface area contributed by atoms with Crippen molar-refractivity contribution < 1.29 is 27.3 Å². The summed E-state index contributed by atoms with van der Waals surface area (Å²) in [5.74, 6) is -0.833. The second kappa shape index (κ2) is 6.30. The third-order valence-corrected chi connectivity index (χ3v) is 2.86. The second-order valence-electron chi connectivity index (χ2n) is 3.65. The fourth-order valence-corrected chi connectivity index (χ4v) is 1.69. The monoisotopic (exact) mass is 286 g/mol. The van der Waals surface area contributed by atoms with Crippen LogP contribution < -0.4 is 5.32 Å². The average Bonchev–Trinajstić information content (AvgIpc) is 2.37. The Morgan fingerprint density at radius 3 is 2.37 bits per heavy atom. The fraction of sp³-hybridized carbons (Fsp3) is 0.273. The van der Waals surface area contributed by atoms with Crippen molar-refractivity contribution in [2.24, 2.45) is 0 Å². The van der Waals surface area contributed by atoms with Gasteiger partial charge in [0.1, 0.15) is 6.04 Å². The van der Waals surface area contributed by atoms with Crippen LogP contribution in [0.15, 0.2) is 30.3 Å². The Hall–Kier alpha value is -1.93. The van der Waals surface area contributed by atoms with Crippen LogP contribution in [0.25, 0.3) is 0 Å². The second-order valence-corrected chi connectivity index (χ2v) is 4.93. The van der Waals surface area contributed by atoms with E-state index in [-0.39, 0.29) is 6.42 Å². The highest BCUT2D eigenvalue weighted by atomic mass is 32.2. The van der Waals surface area contributed by atoms with Gasteiger partial charge < -0.3 is 14.6 Å². The first-order valence-corrected chi connectivity index (χ1v) is 6.63. The van der Waals surface area contributed by atoms with Crippen LogP contribution in [-0.4, -0.2) is 37.3 Å². The largest absolute Gasteiger partial charge is 0.740 e. The van der Waals surface area contributed by atoms with Crippen LogP contribution in [0.2, 0.25) is 0 Å². The SMILES string of the molecule is COC(=O)C(Cc1ccccc1)NC(=O)S(=O)(=O)[O-]. The maximum Gasteiger partial charge on any atom is 0.328 e. The number of carbonyl (C=O) groups excluding carboxylic acids is 2. The van der Waals surface area contributed by atoms with E-state index in [1.165, 1.54) is 0 Å². The first kappa shape index (κ1) is 15.1. The van der Waals surface area contributed by atoms with Crippen molar-refractivity contribution in [2.75, 3.05) is 7.11 Å². The number of esters is 1. The molecule has 1 amide bonds. The molecular formula is C11H12NO6S-. The summed E-state index contributed by atoms with van der Waals surface area (Å²) in [5.41, 5.74) is 0.682.